The molecule has 0 aromatic heterocycles. The topological polar surface area (TPSA) is 79.2 Å². The molecule has 1 N–H and O–H groups in total. The molecule has 124 valence electrons. The maximum Gasteiger partial charge on any atom is 0.328 e. The molecule has 0 radical (unpaired) electrons. The van der Waals surface area contributed by atoms with Crippen molar-refractivity contribution in [2.45, 2.75) is 25.8 Å². The Morgan fingerprint density at radius 1 is 1.21 bits per heavy atom. The standard InChI is InChI=1S/C19H20N2O3/c1-13(9-10-20)18(19(23)24-2)21-17(22)12-14-7-8-15-5-3-4-6-16(15)11-14/h3-8,11,13,18H,9,12H2,1-2H3,(H,21,22)/t13-,18-/m1/s1. The van der Waals surface area contributed by atoms with Crippen LogP contribution >= 0.6 is 0 Å². The average Bonchev–Trinajstić information content (AvgIpc) is 2.59. The van der Waals surface area contributed by atoms with Gasteiger partial charge in [0.15, 0.2) is 0 Å². The van der Waals surface area contributed by atoms with Crippen LogP contribution < -0.4 is 5.32 Å². The van der Waals surface area contributed by atoms with Crippen molar-refractivity contribution in [1.82, 2.24) is 5.32 Å². The Hall–Kier alpha value is -2.87. The summed E-state index contributed by atoms with van der Waals surface area (Å²) in [6.07, 6.45) is 0.327. The second-order valence-electron chi connectivity index (χ2n) is 5.77. The van der Waals surface area contributed by atoms with Crippen molar-refractivity contribution in [2.75, 3.05) is 7.11 Å². The van der Waals surface area contributed by atoms with Crippen molar-refractivity contribution >= 4 is 22.6 Å². The molecule has 2 aromatic rings. The summed E-state index contributed by atoms with van der Waals surface area (Å²) >= 11 is 0. The van der Waals surface area contributed by atoms with E-state index in [1.165, 1.54) is 7.11 Å². The molecule has 0 aliphatic rings. The van der Waals surface area contributed by atoms with Crippen molar-refractivity contribution in [1.29, 1.82) is 5.26 Å². The molecular weight excluding hydrogens is 304 g/mol. The molecule has 0 saturated carbocycles. The first-order chi connectivity index (χ1) is 11.5. The van der Waals surface area contributed by atoms with Gasteiger partial charge in [-0.2, -0.15) is 5.26 Å². The van der Waals surface area contributed by atoms with Gasteiger partial charge in [0.25, 0.3) is 0 Å². The number of nitrogens with one attached hydrogen (secondary N) is 1. The molecule has 1 amide bonds. The predicted octanol–water partition coefficient (Wildman–Crippen LogP) is 2.59. The van der Waals surface area contributed by atoms with Gasteiger partial charge in [0.05, 0.1) is 19.6 Å². The van der Waals surface area contributed by atoms with Crippen LogP contribution in [0.25, 0.3) is 10.8 Å². The number of hydrogen-bond donors (Lipinski definition) is 1. The summed E-state index contributed by atoms with van der Waals surface area (Å²) in [5, 5.41) is 13.6. The summed E-state index contributed by atoms with van der Waals surface area (Å²) in [6, 6.07) is 14.9. The van der Waals surface area contributed by atoms with Crippen molar-refractivity contribution in [3.8, 4) is 6.07 Å². The highest BCUT2D eigenvalue weighted by atomic mass is 16.5. The number of fused-ring (bicyclic) bond motifs is 1. The van der Waals surface area contributed by atoms with E-state index in [1.54, 1.807) is 6.92 Å². The number of nitrogens with zero attached hydrogens (tertiary/aromatic N) is 1. The number of ether oxygens (including phenoxy) is 1. The van der Waals surface area contributed by atoms with E-state index in [0.717, 1.165) is 16.3 Å². The molecule has 0 aliphatic heterocycles. The zero-order chi connectivity index (χ0) is 17.5. The minimum Gasteiger partial charge on any atom is -0.467 e. The van der Waals surface area contributed by atoms with Gasteiger partial charge in [0.2, 0.25) is 5.91 Å². The van der Waals surface area contributed by atoms with Crippen molar-refractivity contribution in [3.05, 3.63) is 48.0 Å². The Morgan fingerprint density at radius 2 is 1.92 bits per heavy atom. The lowest BCUT2D eigenvalue weighted by Crippen LogP contribution is -2.46. The molecule has 0 spiro atoms. The van der Waals surface area contributed by atoms with Gasteiger partial charge in [-0.3, -0.25) is 4.79 Å². The molecule has 5 heteroatoms. The molecule has 2 aromatic carbocycles. The molecular formula is C19H20N2O3. The number of amides is 1. The number of hydrogen-bond acceptors (Lipinski definition) is 4. The smallest absolute Gasteiger partial charge is 0.328 e. The monoisotopic (exact) mass is 324 g/mol. The van der Waals surface area contributed by atoms with E-state index >= 15 is 0 Å². The van der Waals surface area contributed by atoms with Crippen LogP contribution in [-0.4, -0.2) is 25.0 Å². The van der Waals surface area contributed by atoms with Gasteiger partial charge in [0, 0.05) is 12.3 Å². The van der Waals surface area contributed by atoms with Crippen LogP contribution in [-0.2, 0) is 20.7 Å². The molecule has 5 nitrogen and oxygen atoms in total. The van der Waals surface area contributed by atoms with Crippen LogP contribution in [0.15, 0.2) is 42.5 Å². The first-order valence-corrected chi connectivity index (χ1v) is 7.77. The third-order valence-corrected chi connectivity index (χ3v) is 3.93. The third-order valence-electron chi connectivity index (χ3n) is 3.93. The normalized spacial score (nSPS) is 12.9. The van der Waals surface area contributed by atoms with E-state index in [-0.39, 0.29) is 24.7 Å². The van der Waals surface area contributed by atoms with Gasteiger partial charge in [0.1, 0.15) is 6.04 Å². The highest BCUT2D eigenvalue weighted by molar-refractivity contribution is 5.88. The van der Waals surface area contributed by atoms with Gasteiger partial charge in [-0.1, -0.05) is 49.4 Å². The van der Waals surface area contributed by atoms with Crippen molar-refractivity contribution in [3.63, 3.8) is 0 Å². The highest BCUT2D eigenvalue weighted by Gasteiger charge is 2.27. The van der Waals surface area contributed by atoms with Crippen molar-refractivity contribution in [2.24, 2.45) is 5.92 Å². The number of methoxy groups -OCH3 is 1. The lowest BCUT2D eigenvalue weighted by molar-refractivity contribution is -0.146. The SMILES string of the molecule is COC(=O)[C@H](NC(=O)Cc1ccc2ccccc2c1)[C@H](C)CC#N. The van der Waals surface area contributed by atoms with Crippen LogP contribution in [0.4, 0.5) is 0 Å². The van der Waals surface area contributed by atoms with Crippen LogP contribution in [0.5, 0.6) is 0 Å². The van der Waals surface area contributed by atoms with Gasteiger partial charge < -0.3 is 10.1 Å². The van der Waals surface area contributed by atoms with Gasteiger partial charge >= 0.3 is 5.97 Å². The molecule has 0 saturated heterocycles. The quantitative estimate of drug-likeness (QED) is 0.828. The molecule has 0 bridgehead atoms. The van der Waals surface area contributed by atoms with E-state index in [9.17, 15) is 9.59 Å². The summed E-state index contributed by atoms with van der Waals surface area (Å²) in [5.41, 5.74) is 0.864. The second kappa shape index (κ2) is 8.11. The van der Waals surface area contributed by atoms with Gasteiger partial charge in [-0.25, -0.2) is 4.79 Å². The van der Waals surface area contributed by atoms with Crippen LogP contribution in [0.1, 0.15) is 18.9 Å². The maximum atomic E-state index is 12.3. The summed E-state index contributed by atoms with van der Waals surface area (Å²) in [4.78, 5) is 24.1. The first-order valence-electron chi connectivity index (χ1n) is 7.77. The summed E-state index contributed by atoms with van der Waals surface area (Å²) < 4.78 is 4.73. The summed E-state index contributed by atoms with van der Waals surface area (Å²) in [6.45, 7) is 1.74. The van der Waals surface area contributed by atoms with E-state index in [1.807, 2.05) is 48.5 Å². The summed E-state index contributed by atoms with van der Waals surface area (Å²) in [7, 11) is 1.27. The van der Waals surface area contributed by atoms with Gasteiger partial charge in [-0.15, -0.1) is 0 Å². The fourth-order valence-electron chi connectivity index (χ4n) is 2.58. The predicted molar refractivity (Wildman–Crippen MR) is 91.0 cm³/mol. The Morgan fingerprint density at radius 3 is 2.58 bits per heavy atom. The summed E-state index contributed by atoms with van der Waals surface area (Å²) in [5.74, 6) is -1.13. The zero-order valence-electron chi connectivity index (χ0n) is 13.8. The van der Waals surface area contributed by atoms with Crippen LogP contribution in [0, 0.1) is 17.2 Å². The molecule has 0 unspecified atom stereocenters. The zero-order valence-corrected chi connectivity index (χ0v) is 13.8. The molecule has 0 heterocycles. The second-order valence-corrected chi connectivity index (χ2v) is 5.77. The Kier molecular flexibility index (Phi) is 5.91. The molecule has 0 fully saturated rings. The van der Waals surface area contributed by atoms with Crippen LogP contribution in [0.2, 0.25) is 0 Å². The maximum absolute atomic E-state index is 12.3. The highest BCUT2D eigenvalue weighted by Crippen LogP contribution is 2.16. The van der Waals surface area contributed by atoms with Crippen molar-refractivity contribution < 1.29 is 14.3 Å². The fourth-order valence-corrected chi connectivity index (χ4v) is 2.58. The average molecular weight is 324 g/mol. The van der Waals surface area contributed by atoms with E-state index in [4.69, 9.17) is 10.00 Å². The number of esters is 1. The Bertz CT molecular complexity index is 780. The van der Waals surface area contributed by atoms with Crippen LogP contribution in [0.3, 0.4) is 0 Å². The lowest BCUT2D eigenvalue weighted by atomic mass is 9.98. The number of nitriles is 1. The minimum atomic E-state index is -0.817. The Balaban J connectivity index is 2.08. The molecule has 24 heavy (non-hydrogen) atoms. The van der Waals surface area contributed by atoms with E-state index in [2.05, 4.69) is 5.32 Å². The van der Waals surface area contributed by atoms with Gasteiger partial charge in [-0.05, 0) is 16.3 Å². The number of carbonyl (C=O) groups is 2. The molecule has 2 rings (SSSR count). The minimum absolute atomic E-state index is 0.163. The number of rotatable bonds is 6. The largest absolute Gasteiger partial charge is 0.467 e. The number of benzene rings is 2. The fraction of sp³-hybridized carbons (Fsp3) is 0.316. The third kappa shape index (κ3) is 4.32. The first kappa shape index (κ1) is 17.5. The number of carbonyl (C=O) groups excluding carboxylic acids is 2. The molecule has 2 atom stereocenters. The van der Waals surface area contributed by atoms with E-state index in [0.29, 0.717) is 0 Å². The molecule has 0 aliphatic carbocycles. The Labute approximate surface area is 141 Å². The van der Waals surface area contributed by atoms with E-state index < -0.39 is 12.0 Å². The lowest BCUT2D eigenvalue weighted by Gasteiger charge is -2.21.